The van der Waals surface area contributed by atoms with Gasteiger partial charge in [0.05, 0.1) is 11.0 Å². The molecule has 5 nitrogen and oxygen atoms in total. The summed E-state index contributed by atoms with van der Waals surface area (Å²) in [7, 11) is 3.58. The van der Waals surface area contributed by atoms with E-state index in [9.17, 15) is 9.59 Å². The Bertz CT molecular complexity index is 933. The van der Waals surface area contributed by atoms with E-state index in [0.29, 0.717) is 13.0 Å². The first-order chi connectivity index (χ1) is 12.9. The van der Waals surface area contributed by atoms with Gasteiger partial charge >= 0.3 is 5.69 Å². The summed E-state index contributed by atoms with van der Waals surface area (Å²) in [5.74, 6) is 2.83. The van der Waals surface area contributed by atoms with Crippen LogP contribution in [0.4, 0.5) is 0 Å². The number of aryl methyl sites for hydroxylation is 2. The molecule has 0 spiro atoms. The smallest absolute Gasteiger partial charge is 0.328 e. The highest BCUT2D eigenvalue weighted by Gasteiger charge is 2.51. The Labute approximate surface area is 159 Å². The van der Waals surface area contributed by atoms with E-state index in [1.54, 1.807) is 23.2 Å². The van der Waals surface area contributed by atoms with Crippen molar-refractivity contribution >= 4 is 16.9 Å². The normalized spacial score (nSPS) is 31.6. The fourth-order valence-electron chi connectivity index (χ4n) is 6.77. The van der Waals surface area contributed by atoms with Gasteiger partial charge in [0.2, 0.25) is 5.91 Å². The quantitative estimate of drug-likeness (QED) is 0.903. The Kier molecular flexibility index (Phi) is 3.78. The van der Waals surface area contributed by atoms with Crippen LogP contribution in [0.25, 0.3) is 11.0 Å². The van der Waals surface area contributed by atoms with Crippen molar-refractivity contribution in [3.8, 4) is 0 Å². The molecule has 27 heavy (non-hydrogen) atoms. The Hall–Kier alpha value is -2.04. The lowest BCUT2D eigenvalue weighted by molar-refractivity contribution is -0.129. The van der Waals surface area contributed by atoms with Crippen molar-refractivity contribution in [3.05, 3.63) is 34.2 Å². The van der Waals surface area contributed by atoms with Gasteiger partial charge in [0.15, 0.2) is 0 Å². The van der Waals surface area contributed by atoms with Crippen LogP contribution in [0.2, 0.25) is 0 Å². The number of nitrogens with one attached hydrogen (secondary N) is 1. The molecule has 1 amide bonds. The van der Waals surface area contributed by atoms with Crippen LogP contribution in [-0.4, -0.2) is 15.0 Å². The molecule has 1 heterocycles. The maximum absolute atomic E-state index is 12.7. The van der Waals surface area contributed by atoms with Crippen molar-refractivity contribution in [2.75, 3.05) is 0 Å². The van der Waals surface area contributed by atoms with Crippen molar-refractivity contribution in [2.45, 2.75) is 51.5 Å². The topological polar surface area (TPSA) is 56.0 Å². The van der Waals surface area contributed by atoms with E-state index in [4.69, 9.17) is 0 Å². The number of nitrogens with zero attached hydrogens (tertiary/aromatic N) is 2. The highest BCUT2D eigenvalue weighted by atomic mass is 16.2. The highest BCUT2D eigenvalue weighted by Crippen LogP contribution is 2.61. The lowest BCUT2D eigenvalue weighted by Gasteiger charge is -2.56. The maximum atomic E-state index is 12.7. The molecule has 5 heteroatoms. The van der Waals surface area contributed by atoms with E-state index in [2.05, 4.69) is 5.32 Å². The van der Waals surface area contributed by atoms with Crippen LogP contribution in [0.3, 0.4) is 0 Å². The molecule has 4 aliphatic carbocycles. The summed E-state index contributed by atoms with van der Waals surface area (Å²) in [6, 6.07) is 5.99. The van der Waals surface area contributed by atoms with Crippen LogP contribution >= 0.6 is 0 Å². The second kappa shape index (κ2) is 5.98. The first-order valence-corrected chi connectivity index (χ1v) is 10.3. The lowest BCUT2D eigenvalue weighted by Crippen LogP contribution is -2.47. The predicted octanol–water partition coefficient (Wildman–Crippen LogP) is 3.10. The largest absolute Gasteiger partial charge is 0.352 e. The minimum Gasteiger partial charge on any atom is -0.352 e. The third-order valence-electron chi connectivity index (χ3n) is 7.53. The number of amides is 1. The van der Waals surface area contributed by atoms with E-state index < -0.39 is 0 Å². The molecule has 4 aliphatic rings. The number of fused-ring (bicyclic) bond motifs is 1. The van der Waals surface area contributed by atoms with Gasteiger partial charge < -0.3 is 5.32 Å². The number of hydrogen-bond donors (Lipinski definition) is 1. The van der Waals surface area contributed by atoms with Crippen molar-refractivity contribution in [3.63, 3.8) is 0 Å². The molecule has 1 aromatic heterocycles. The van der Waals surface area contributed by atoms with Crippen molar-refractivity contribution in [1.29, 1.82) is 0 Å². The molecule has 0 radical (unpaired) electrons. The standard InChI is InChI=1S/C22H29N3O2/c1-24-18-4-3-14(8-19(18)25(2)21(24)27)13-23-20(26)12-22-9-15-5-16(10-22)7-17(6-15)11-22/h3-4,8,15-17H,5-7,9-13H2,1-2H3,(H,23,26). The van der Waals surface area contributed by atoms with Crippen LogP contribution in [0, 0.1) is 23.2 Å². The SMILES string of the molecule is Cn1c(=O)n(C)c2cc(CNC(=O)CC34CC5CC(CC(C5)C3)C4)ccc21. The van der Waals surface area contributed by atoms with Gasteiger partial charge in [-0.1, -0.05) is 6.07 Å². The van der Waals surface area contributed by atoms with Crippen LogP contribution < -0.4 is 11.0 Å². The van der Waals surface area contributed by atoms with E-state index >= 15 is 0 Å². The minimum absolute atomic E-state index is 0.0204. The summed E-state index contributed by atoms with van der Waals surface area (Å²) in [5.41, 5.74) is 3.14. The zero-order chi connectivity index (χ0) is 18.8. The summed E-state index contributed by atoms with van der Waals surface area (Å²) < 4.78 is 3.32. The molecule has 0 atom stereocenters. The molecular formula is C22H29N3O2. The Morgan fingerprint density at radius 1 is 1.04 bits per heavy atom. The molecule has 0 unspecified atom stereocenters. The fourth-order valence-corrected chi connectivity index (χ4v) is 6.77. The monoisotopic (exact) mass is 367 g/mol. The maximum Gasteiger partial charge on any atom is 0.328 e. The van der Waals surface area contributed by atoms with Gasteiger partial charge in [0.25, 0.3) is 0 Å². The van der Waals surface area contributed by atoms with Crippen LogP contribution in [0.15, 0.2) is 23.0 Å². The number of carbonyl (C=O) groups excluding carboxylic acids is 1. The summed E-state index contributed by atoms with van der Waals surface area (Å²) in [4.78, 5) is 24.8. The fraction of sp³-hybridized carbons (Fsp3) is 0.636. The number of rotatable bonds is 4. The molecule has 0 saturated heterocycles. The molecule has 6 rings (SSSR count). The Morgan fingerprint density at radius 3 is 2.26 bits per heavy atom. The second-order valence-electron chi connectivity index (χ2n) is 9.59. The third-order valence-corrected chi connectivity index (χ3v) is 7.53. The minimum atomic E-state index is -0.0204. The molecule has 4 saturated carbocycles. The number of benzene rings is 1. The van der Waals surface area contributed by atoms with Crippen molar-refractivity contribution in [2.24, 2.45) is 37.3 Å². The second-order valence-corrected chi connectivity index (χ2v) is 9.59. The first kappa shape index (κ1) is 17.1. The van der Waals surface area contributed by atoms with Gasteiger partial charge in [-0.05, 0) is 79.4 Å². The summed E-state index contributed by atoms with van der Waals surface area (Å²) in [6.45, 7) is 0.532. The molecule has 144 valence electrons. The molecule has 1 N–H and O–H groups in total. The Morgan fingerprint density at radius 2 is 1.63 bits per heavy atom. The van der Waals surface area contributed by atoms with Crippen molar-refractivity contribution < 1.29 is 4.79 Å². The van der Waals surface area contributed by atoms with Gasteiger partial charge in [-0.2, -0.15) is 0 Å². The zero-order valence-electron chi connectivity index (χ0n) is 16.3. The van der Waals surface area contributed by atoms with Crippen LogP contribution in [0.5, 0.6) is 0 Å². The number of hydrogen-bond acceptors (Lipinski definition) is 2. The number of imidazole rings is 1. The van der Waals surface area contributed by atoms with Gasteiger partial charge in [-0.25, -0.2) is 4.79 Å². The average Bonchev–Trinajstić information content (AvgIpc) is 2.82. The summed E-state index contributed by atoms with van der Waals surface area (Å²) >= 11 is 0. The van der Waals surface area contributed by atoms with Gasteiger partial charge in [-0.3, -0.25) is 13.9 Å². The molecule has 1 aromatic carbocycles. The molecule has 2 aromatic rings. The van der Waals surface area contributed by atoms with E-state index in [1.165, 1.54) is 38.5 Å². The van der Waals surface area contributed by atoms with Gasteiger partial charge in [-0.15, -0.1) is 0 Å². The zero-order valence-corrected chi connectivity index (χ0v) is 16.3. The summed E-state index contributed by atoms with van der Waals surface area (Å²) in [5, 5.41) is 3.15. The summed E-state index contributed by atoms with van der Waals surface area (Å²) in [6.07, 6.45) is 8.74. The molecule has 4 fully saturated rings. The van der Waals surface area contributed by atoms with Crippen LogP contribution in [0.1, 0.15) is 50.5 Å². The lowest BCUT2D eigenvalue weighted by atomic mass is 9.49. The first-order valence-electron chi connectivity index (χ1n) is 10.3. The molecule has 4 bridgehead atoms. The average molecular weight is 367 g/mol. The van der Waals surface area contributed by atoms with Crippen molar-refractivity contribution in [1.82, 2.24) is 14.5 Å². The van der Waals surface area contributed by atoms with E-state index in [-0.39, 0.29) is 17.0 Å². The molecule has 0 aliphatic heterocycles. The van der Waals surface area contributed by atoms with Gasteiger partial charge in [0, 0.05) is 27.1 Å². The third kappa shape index (κ3) is 2.82. The van der Waals surface area contributed by atoms with E-state index in [1.807, 2.05) is 18.2 Å². The Balaban J connectivity index is 1.26. The predicted molar refractivity (Wildman–Crippen MR) is 105 cm³/mol. The number of carbonyl (C=O) groups is 1. The van der Waals surface area contributed by atoms with E-state index in [0.717, 1.165) is 34.4 Å². The number of aromatic nitrogens is 2. The molecular weight excluding hydrogens is 338 g/mol. The highest BCUT2D eigenvalue weighted by molar-refractivity contribution is 5.78. The van der Waals surface area contributed by atoms with Gasteiger partial charge in [0.1, 0.15) is 0 Å². The van der Waals surface area contributed by atoms with Crippen LogP contribution in [-0.2, 0) is 25.4 Å².